The number of benzene rings is 1. The molecule has 0 saturated heterocycles. The summed E-state index contributed by atoms with van der Waals surface area (Å²) in [6.45, 7) is 2.06. The molecule has 3 rings (SSSR count). The average Bonchev–Trinajstić information content (AvgIpc) is 2.81. The van der Waals surface area contributed by atoms with Crippen molar-refractivity contribution in [2.45, 2.75) is 23.4 Å². The van der Waals surface area contributed by atoms with Crippen molar-refractivity contribution >= 4 is 28.5 Å². The van der Waals surface area contributed by atoms with Crippen LogP contribution in [0.3, 0.4) is 0 Å². The second-order valence-corrected chi connectivity index (χ2v) is 5.25. The molecule has 0 unspecified atom stereocenters. The minimum absolute atomic E-state index is 0.566. The molecule has 0 bridgehead atoms. The second kappa shape index (κ2) is 4.93. The van der Waals surface area contributed by atoms with E-state index in [-0.39, 0.29) is 0 Å². The number of nitrogens with zero attached hydrogens (tertiary/aromatic N) is 2. The van der Waals surface area contributed by atoms with E-state index < -0.39 is 0 Å². The van der Waals surface area contributed by atoms with Crippen LogP contribution in [0.4, 0.5) is 5.82 Å². The Hall–Kier alpha value is -2.01. The van der Waals surface area contributed by atoms with Crippen molar-refractivity contribution in [1.82, 2.24) is 15.0 Å². The van der Waals surface area contributed by atoms with Crippen molar-refractivity contribution in [3.8, 4) is 0 Å². The quantitative estimate of drug-likeness (QED) is 0.717. The highest BCUT2D eigenvalue weighted by atomic mass is 32.2. The summed E-state index contributed by atoms with van der Waals surface area (Å²) in [7, 11) is 0. The number of hydrogen-bond acceptors (Lipinski definition) is 4. The molecule has 0 fully saturated rings. The zero-order valence-electron chi connectivity index (χ0n) is 10.6. The molecule has 0 aliphatic carbocycles. The van der Waals surface area contributed by atoms with Crippen LogP contribution in [0.15, 0.2) is 46.7 Å². The van der Waals surface area contributed by atoms with Gasteiger partial charge in [-0.05, 0) is 18.6 Å². The van der Waals surface area contributed by atoms with Crippen molar-refractivity contribution in [1.29, 1.82) is 0 Å². The third kappa shape index (κ3) is 2.29. The first-order valence-corrected chi connectivity index (χ1v) is 6.94. The molecule has 0 saturated carbocycles. The molecular formula is C14H14N4S. The van der Waals surface area contributed by atoms with Gasteiger partial charge in [0.1, 0.15) is 17.2 Å². The minimum Gasteiger partial charge on any atom is -0.383 e. The molecule has 2 heterocycles. The number of nitrogens with one attached hydrogen (secondary N) is 1. The summed E-state index contributed by atoms with van der Waals surface area (Å²) in [5.41, 5.74) is 8.02. The molecule has 2 aromatic heterocycles. The molecular weight excluding hydrogens is 256 g/mol. The molecule has 0 radical (unpaired) electrons. The number of aromatic nitrogens is 3. The lowest BCUT2D eigenvalue weighted by Crippen LogP contribution is -2.00. The molecule has 5 heteroatoms. The first-order valence-electron chi connectivity index (χ1n) is 6.13. The third-order valence-corrected chi connectivity index (χ3v) is 3.99. The van der Waals surface area contributed by atoms with Crippen LogP contribution in [-0.4, -0.2) is 15.0 Å². The topological polar surface area (TPSA) is 67.6 Å². The fourth-order valence-corrected chi connectivity index (χ4v) is 3.06. The van der Waals surface area contributed by atoms with Gasteiger partial charge in [0.15, 0.2) is 0 Å². The summed E-state index contributed by atoms with van der Waals surface area (Å²) < 4.78 is 0. The normalized spacial score (nSPS) is 11.0. The summed E-state index contributed by atoms with van der Waals surface area (Å²) >= 11 is 1.59. The smallest absolute Gasteiger partial charge is 0.131 e. The van der Waals surface area contributed by atoms with Crippen LogP contribution in [0.5, 0.6) is 0 Å². The first kappa shape index (κ1) is 12.0. The highest BCUT2D eigenvalue weighted by molar-refractivity contribution is 7.99. The molecule has 0 amide bonds. The van der Waals surface area contributed by atoms with Gasteiger partial charge in [0.2, 0.25) is 0 Å². The SMILES string of the molecule is CCc1c(N)ncnc1Sc1cc2ccccc2[nH]1. The van der Waals surface area contributed by atoms with Gasteiger partial charge in [-0.15, -0.1) is 0 Å². The minimum atomic E-state index is 0.566. The Morgan fingerprint density at radius 1 is 1.26 bits per heavy atom. The summed E-state index contributed by atoms with van der Waals surface area (Å²) in [4.78, 5) is 11.7. The number of nitrogens with two attached hydrogens (primary N) is 1. The lowest BCUT2D eigenvalue weighted by Gasteiger charge is -2.06. The lowest BCUT2D eigenvalue weighted by atomic mass is 10.2. The van der Waals surface area contributed by atoms with Gasteiger partial charge in [-0.25, -0.2) is 9.97 Å². The van der Waals surface area contributed by atoms with E-state index in [1.165, 1.54) is 11.7 Å². The van der Waals surface area contributed by atoms with Crippen LogP contribution >= 0.6 is 11.8 Å². The van der Waals surface area contributed by atoms with Crippen molar-refractivity contribution in [3.05, 3.63) is 42.2 Å². The highest BCUT2D eigenvalue weighted by Gasteiger charge is 2.10. The number of anilines is 1. The Bertz CT molecular complexity index is 687. The molecule has 0 spiro atoms. The summed E-state index contributed by atoms with van der Waals surface area (Å²) in [6, 6.07) is 10.3. The second-order valence-electron chi connectivity index (χ2n) is 4.22. The van der Waals surface area contributed by atoms with Gasteiger partial charge in [0.25, 0.3) is 0 Å². The Labute approximate surface area is 115 Å². The Morgan fingerprint density at radius 3 is 2.89 bits per heavy atom. The maximum Gasteiger partial charge on any atom is 0.131 e. The van der Waals surface area contributed by atoms with Gasteiger partial charge in [-0.3, -0.25) is 0 Å². The third-order valence-electron chi connectivity index (χ3n) is 3.00. The summed E-state index contributed by atoms with van der Waals surface area (Å²) in [5.74, 6) is 0.566. The van der Waals surface area contributed by atoms with E-state index in [0.717, 1.165) is 27.6 Å². The standard InChI is InChI=1S/C14H14N4S/c1-2-10-13(15)16-8-17-14(10)19-12-7-9-5-3-4-6-11(9)18-12/h3-8,18H,2H2,1H3,(H2,15,16,17). The fraction of sp³-hybridized carbons (Fsp3) is 0.143. The lowest BCUT2D eigenvalue weighted by molar-refractivity contribution is 0.951. The predicted molar refractivity (Wildman–Crippen MR) is 78.2 cm³/mol. The maximum absolute atomic E-state index is 5.89. The molecule has 0 aliphatic rings. The van der Waals surface area contributed by atoms with Gasteiger partial charge in [-0.2, -0.15) is 0 Å². The van der Waals surface area contributed by atoms with Crippen molar-refractivity contribution < 1.29 is 0 Å². The van der Waals surface area contributed by atoms with Gasteiger partial charge in [0, 0.05) is 16.5 Å². The van der Waals surface area contributed by atoms with Crippen molar-refractivity contribution in [2.75, 3.05) is 5.73 Å². The number of fused-ring (bicyclic) bond motifs is 1. The van der Waals surface area contributed by atoms with Gasteiger partial charge < -0.3 is 10.7 Å². The molecule has 3 N–H and O–H groups in total. The van der Waals surface area contributed by atoms with Gasteiger partial charge >= 0.3 is 0 Å². The van der Waals surface area contributed by atoms with E-state index >= 15 is 0 Å². The van der Waals surface area contributed by atoms with E-state index in [9.17, 15) is 0 Å². The van der Waals surface area contributed by atoms with Crippen LogP contribution < -0.4 is 5.73 Å². The molecule has 4 nitrogen and oxygen atoms in total. The predicted octanol–water partition coefficient (Wildman–Crippen LogP) is 3.25. The van der Waals surface area contributed by atoms with Crippen LogP contribution in [0.2, 0.25) is 0 Å². The van der Waals surface area contributed by atoms with E-state index in [1.54, 1.807) is 11.8 Å². The van der Waals surface area contributed by atoms with Crippen LogP contribution in [-0.2, 0) is 6.42 Å². The molecule has 19 heavy (non-hydrogen) atoms. The Morgan fingerprint density at radius 2 is 2.11 bits per heavy atom. The summed E-state index contributed by atoms with van der Waals surface area (Å²) in [5, 5.41) is 3.18. The number of rotatable bonds is 3. The Kier molecular flexibility index (Phi) is 3.13. The monoisotopic (exact) mass is 270 g/mol. The van der Waals surface area contributed by atoms with Crippen LogP contribution in [0.25, 0.3) is 10.9 Å². The number of nitrogen functional groups attached to an aromatic ring is 1. The molecule has 3 aromatic rings. The van der Waals surface area contributed by atoms with Gasteiger partial charge in [-0.1, -0.05) is 36.9 Å². The number of aromatic amines is 1. The largest absolute Gasteiger partial charge is 0.383 e. The molecule has 0 aliphatic heterocycles. The zero-order chi connectivity index (χ0) is 13.2. The van der Waals surface area contributed by atoms with Crippen molar-refractivity contribution in [3.63, 3.8) is 0 Å². The van der Waals surface area contributed by atoms with Crippen LogP contribution in [0.1, 0.15) is 12.5 Å². The average molecular weight is 270 g/mol. The highest BCUT2D eigenvalue weighted by Crippen LogP contribution is 2.32. The van der Waals surface area contributed by atoms with E-state index in [2.05, 4.69) is 40.1 Å². The molecule has 96 valence electrons. The fourth-order valence-electron chi connectivity index (χ4n) is 2.04. The molecule has 1 aromatic carbocycles. The number of para-hydroxylation sites is 1. The van der Waals surface area contributed by atoms with E-state index in [0.29, 0.717) is 5.82 Å². The number of H-pyrrole nitrogens is 1. The number of hydrogen-bond donors (Lipinski definition) is 2. The zero-order valence-corrected chi connectivity index (χ0v) is 11.4. The molecule has 0 atom stereocenters. The van der Waals surface area contributed by atoms with Crippen molar-refractivity contribution in [2.24, 2.45) is 0 Å². The van der Waals surface area contributed by atoms with Crippen LogP contribution in [0, 0.1) is 0 Å². The maximum atomic E-state index is 5.89. The summed E-state index contributed by atoms with van der Waals surface area (Å²) in [6.07, 6.45) is 2.34. The van der Waals surface area contributed by atoms with Gasteiger partial charge in [0.05, 0.1) is 5.03 Å². The Balaban J connectivity index is 1.99. The van der Waals surface area contributed by atoms with E-state index in [4.69, 9.17) is 5.73 Å². The van der Waals surface area contributed by atoms with E-state index in [1.807, 2.05) is 12.1 Å². The first-order chi connectivity index (χ1) is 9.28.